The average Bonchev–Trinajstić information content (AvgIpc) is 2.31. The van der Waals surface area contributed by atoms with Crippen molar-refractivity contribution >= 4 is 15.7 Å². The third kappa shape index (κ3) is 5.97. The number of nitrogens with two attached hydrogens (primary N) is 2. The van der Waals surface area contributed by atoms with Crippen LogP contribution < -0.4 is 10.9 Å². The summed E-state index contributed by atoms with van der Waals surface area (Å²) in [5.74, 6) is 0. The molecule has 2 rings (SSSR count). The third-order valence-corrected chi connectivity index (χ3v) is 2.80. The van der Waals surface area contributed by atoms with Crippen LogP contribution in [0.1, 0.15) is 0 Å². The molecular formula is C12H15FN2O2S. The van der Waals surface area contributed by atoms with Crippen LogP contribution in [0.5, 0.6) is 0 Å². The summed E-state index contributed by atoms with van der Waals surface area (Å²) in [6.07, 6.45) is 0. The molecule has 2 aromatic carbocycles. The van der Waals surface area contributed by atoms with Gasteiger partial charge in [0.05, 0.1) is 4.90 Å². The van der Waals surface area contributed by atoms with Gasteiger partial charge in [-0.3, -0.25) is 4.70 Å². The van der Waals surface area contributed by atoms with E-state index < -0.39 is 10.0 Å². The summed E-state index contributed by atoms with van der Waals surface area (Å²) in [7, 11) is -3.58. The molecule has 0 spiro atoms. The molecular weight excluding hydrogens is 255 g/mol. The predicted octanol–water partition coefficient (Wildman–Crippen LogP) is 1.76. The first-order chi connectivity index (χ1) is 8.00. The Hall–Kier alpha value is -1.92. The highest BCUT2D eigenvalue weighted by Crippen LogP contribution is 2.08. The van der Waals surface area contributed by atoms with Crippen molar-refractivity contribution in [2.24, 2.45) is 5.14 Å². The van der Waals surface area contributed by atoms with Gasteiger partial charge in [-0.2, -0.15) is 0 Å². The van der Waals surface area contributed by atoms with Crippen LogP contribution in [0, 0.1) is 0 Å². The highest BCUT2D eigenvalue weighted by Gasteiger charge is 2.04. The standard InChI is InChI=1S/C6H8N2O2S.C6H6.FH/c7-5-1-3-6(4-2-5)11(8,9)10;1-2-4-6-5-3-1;/h1-4H,7H2,(H2,8,9,10);1-6H;1H. The van der Waals surface area contributed by atoms with Gasteiger partial charge < -0.3 is 5.73 Å². The second-order valence-electron chi connectivity index (χ2n) is 3.27. The van der Waals surface area contributed by atoms with Gasteiger partial charge in [-0.1, -0.05) is 36.4 Å². The fourth-order valence-corrected chi connectivity index (χ4v) is 1.56. The van der Waals surface area contributed by atoms with Crippen LogP contribution >= 0.6 is 0 Å². The number of primary sulfonamides is 1. The molecule has 4 N–H and O–H groups in total. The number of halogens is 1. The molecule has 0 radical (unpaired) electrons. The number of hydrogen-bond donors (Lipinski definition) is 2. The molecule has 0 aliphatic heterocycles. The molecule has 0 fully saturated rings. The Labute approximate surface area is 106 Å². The Morgan fingerprint density at radius 2 is 1.11 bits per heavy atom. The van der Waals surface area contributed by atoms with E-state index in [1.807, 2.05) is 36.4 Å². The van der Waals surface area contributed by atoms with Crippen LogP contribution in [-0.4, -0.2) is 8.42 Å². The number of nitrogen functional groups attached to an aromatic ring is 1. The molecule has 6 heteroatoms. The Kier molecular flexibility index (Phi) is 6.62. The highest BCUT2D eigenvalue weighted by atomic mass is 32.2. The molecule has 0 unspecified atom stereocenters. The monoisotopic (exact) mass is 270 g/mol. The van der Waals surface area contributed by atoms with E-state index >= 15 is 0 Å². The largest absolute Gasteiger partial charge is 0.399 e. The predicted molar refractivity (Wildman–Crippen MR) is 71.2 cm³/mol. The zero-order chi connectivity index (χ0) is 12.7. The minimum absolute atomic E-state index is 0. The number of anilines is 1. The van der Waals surface area contributed by atoms with Crippen LogP contribution in [0.2, 0.25) is 0 Å². The SMILES string of the molecule is F.Nc1ccc(S(N)(=O)=O)cc1.c1ccccc1. The second kappa shape index (κ2) is 7.41. The summed E-state index contributed by atoms with van der Waals surface area (Å²) in [6.45, 7) is 0. The van der Waals surface area contributed by atoms with E-state index in [4.69, 9.17) is 10.9 Å². The van der Waals surface area contributed by atoms with E-state index in [2.05, 4.69) is 0 Å². The van der Waals surface area contributed by atoms with E-state index in [0.717, 1.165) is 0 Å². The van der Waals surface area contributed by atoms with Crippen LogP contribution in [0.25, 0.3) is 0 Å². The highest BCUT2D eigenvalue weighted by molar-refractivity contribution is 7.89. The van der Waals surface area contributed by atoms with Crippen molar-refractivity contribution in [1.82, 2.24) is 0 Å². The minimum Gasteiger partial charge on any atom is -0.399 e. The van der Waals surface area contributed by atoms with Gasteiger partial charge in [0.25, 0.3) is 0 Å². The van der Waals surface area contributed by atoms with Crippen molar-refractivity contribution in [3.05, 3.63) is 60.7 Å². The van der Waals surface area contributed by atoms with Crippen molar-refractivity contribution in [3.8, 4) is 0 Å². The van der Waals surface area contributed by atoms with Gasteiger partial charge in [-0.25, -0.2) is 13.6 Å². The van der Waals surface area contributed by atoms with Crippen molar-refractivity contribution < 1.29 is 13.1 Å². The van der Waals surface area contributed by atoms with E-state index in [-0.39, 0.29) is 9.60 Å². The lowest BCUT2D eigenvalue weighted by molar-refractivity contribution is 0.598. The van der Waals surface area contributed by atoms with Crippen LogP contribution in [0.15, 0.2) is 65.6 Å². The molecule has 18 heavy (non-hydrogen) atoms. The molecule has 0 saturated heterocycles. The molecule has 0 heterocycles. The normalized spacial score (nSPS) is 9.61. The summed E-state index contributed by atoms with van der Waals surface area (Å²) in [5.41, 5.74) is 5.85. The number of benzene rings is 2. The lowest BCUT2D eigenvalue weighted by atomic mass is 10.3. The number of rotatable bonds is 1. The third-order valence-electron chi connectivity index (χ3n) is 1.88. The summed E-state index contributed by atoms with van der Waals surface area (Å²) < 4.78 is 21.4. The van der Waals surface area contributed by atoms with E-state index in [0.29, 0.717) is 5.69 Å². The van der Waals surface area contributed by atoms with E-state index in [9.17, 15) is 8.42 Å². The van der Waals surface area contributed by atoms with Crippen molar-refractivity contribution in [3.63, 3.8) is 0 Å². The first-order valence-corrected chi connectivity index (χ1v) is 6.43. The van der Waals surface area contributed by atoms with E-state index in [1.54, 1.807) is 0 Å². The van der Waals surface area contributed by atoms with Gasteiger partial charge in [0, 0.05) is 5.69 Å². The number of sulfonamides is 1. The lowest BCUT2D eigenvalue weighted by Crippen LogP contribution is -2.11. The van der Waals surface area contributed by atoms with Gasteiger partial charge in [0.15, 0.2) is 0 Å². The molecule has 0 amide bonds. The van der Waals surface area contributed by atoms with Crippen molar-refractivity contribution in [2.45, 2.75) is 4.90 Å². The molecule has 0 atom stereocenters. The summed E-state index contributed by atoms with van der Waals surface area (Å²) in [5, 5.41) is 4.84. The van der Waals surface area contributed by atoms with Crippen molar-refractivity contribution in [2.75, 3.05) is 5.73 Å². The smallest absolute Gasteiger partial charge is 0.238 e. The van der Waals surface area contributed by atoms with Crippen LogP contribution in [0.4, 0.5) is 10.4 Å². The zero-order valence-corrected chi connectivity index (χ0v) is 10.4. The molecule has 0 saturated carbocycles. The molecule has 0 bridgehead atoms. The Morgan fingerprint density at radius 1 is 0.778 bits per heavy atom. The average molecular weight is 270 g/mol. The maximum Gasteiger partial charge on any atom is 0.238 e. The fraction of sp³-hybridized carbons (Fsp3) is 0. The summed E-state index contributed by atoms with van der Waals surface area (Å²) in [4.78, 5) is 0.0756. The second-order valence-corrected chi connectivity index (χ2v) is 4.83. The van der Waals surface area contributed by atoms with E-state index in [1.165, 1.54) is 24.3 Å². The lowest BCUT2D eigenvalue weighted by Gasteiger charge is -1.96. The van der Waals surface area contributed by atoms with Gasteiger partial charge >= 0.3 is 0 Å². The molecule has 0 aliphatic rings. The molecule has 4 nitrogen and oxygen atoms in total. The maximum atomic E-state index is 10.7. The van der Waals surface area contributed by atoms with Gasteiger partial charge in [-0.05, 0) is 24.3 Å². The fourth-order valence-electron chi connectivity index (χ4n) is 1.04. The topological polar surface area (TPSA) is 86.2 Å². The van der Waals surface area contributed by atoms with Gasteiger partial charge in [0.2, 0.25) is 10.0 Å². The molecule has 2 aromatic rings. The molecule has 0 aromatic heterocycles. The quantitative estimate of drug-likeness (QED) is 0.774. The first-order valence-electron chi connectivity index (χ1n) is 4.88. The van der Waals surface area contributed by atoms with Crippen LogP contribution in [0.3, 0.4) is 0 Å². The van der Waals surface area contributed by atoms with Crippen molar-refractivity contribution in [1.29, 1.82) is 0 Å². The number of hydrogen-bond acceptors (Lipinski definition) is 3. The summed E-state index contributed by atoms with van der Waals surface area (Å²) >= 11 is 0. The first kappa shape index (κ1) is 16.1. The zero-order valence-electron chi connectivity index (χ0n) is 9.56. The Morgan fingerprint density at radius 3 is 1.39 bits per heavy atom. The minimum atomic E-state index is -3.58. The van der Waals surface area contributed by atoms with Gasteiger partial charge in [0.1, 0.15) is 0 Å². The van der Waals surface area contributed by atoms with Gasteiger partial charge in [-0.15, -0.1) is 0 Å². The van der Waals surface area contributed by atoms with Crippen LogP contribution in [-0.2, 0) is 10.0 Å². The maximum absolute atomic E-state index is 10.7. The Bertz CT molecular complexity index is 515. The molecule has 98 valence electrons. The molecule has 0 aliphatic carbocycles. The summed E-state index contributed by atoms with van der Waals surface area (Å²) in [6, 6.07) is 17.7. The Balaban J connectivity index is 0.000000352.